The molecule has 0 amide bonds. The largest absolute Gasteiger partial charge is 1.00 e. The van der Waals surface area contributed by atoms with Crippen molar-refractivity contribution in [3.63, 3.8) is 0 Å². The normalized spacial score (nSPS) is 26.4. The summed E-state index contributed by atoms with van der Waals surface area (Å²) in [6.45, 7) is 6.86. The number of halogens is 1. The Morgan fingerprint density at radius 3 is 2.73 bits per heavy atom. The first-order valence-electron chi connectivity index (χ1n) is 5.37. The molecule has 0 aliphatic carbocycles. The van der Waals surface area contributed by atoms with Crippen LogP contribution in [0.15, 0.2) is 0 Å². The van der Waals surface area contributed by atoms with Crippen molar-refractivity contribution < 1.29 is 28.5 Å². The topological polar surface area (TPSA) is 13.7 Å². The number of ether oxygens (including phenoxy) is 1. The first kappa shape index (κ1) is 16.0. The van der Waals surface area contributed by atoms with E-state index in [0.717, 1.165) is 6.61 Å². The second kappa shape index (κ2) is 7.37. The molecule has 1 unspecified atom stereocenters. The molecule has 1 fully saturated rings. The summed E-state index contributed by atoms with van der Waals surface area (Å²) in [6, 6.07) is 0.711. The van der Waals surface area contributed by atoms with Gasteiger partial charge in [0, 0.05) is 26.1 Å². The first-order chi connectivity index (χ1) is 6.59. The molecule has 15 heavy (non-hydrogen) atoms. The molecule has 0 saturated carbocycles. The Morgan fingerprint density at radius 2 is 2.20 bits per heavy atom. The maximum Gasteiger partial charge on any atom is 1.00 e. The van der Waals surface area contributed by atoms with E-state index in [1.807, 2.05) is 5.50 Å². The van der Waals surface area contributed by atoms with Crippen molar-refractivity contribution in [3.05, 3.63) is 5.50 Å². The van der Waals surface area contributed by atoms with E-state index in [9.17, 15) is 0 Å². The minimum Gasteiger partial charge on any atom is -0.379 e. The van der Waals surface area contributed by atoms with Gasteiger partial charge in [0.05, 0.1) is 13.2 Å². The third kappa shape index (κ3) is 5.25. The van der Waals surface area contributed by atoms with Crippen LogP contribution in [0.1, 0.15) is 12.8 Å². The molecule has 2 atom stereocenters. The molecule has 1 saturated heterocycles. The summed E-state index contributed by atoms with van der Waals surface area (Å²) in [5.41, 5.74) is 1.93. The minimum atomic E-state index is -1.27. The summed E-state index contributed by atoms with van der Waals surface area (Å²) in [5, 5.41) is 0. The van der Waals surface area contributed by atoms with E-state index >= 15 is 0 Å². The van der Waals surface area contributed by atoms with Crippen molar-refractivity contribution in [2.24, 2.45) is 0 Å². The van der Waals surface area contributed by atoms with Gasteiger partial charge in [-0.05, 0) is 8.07 Å². The molecule has 0 aromatic rings. The Bertz CT molecular complexity index is 183. The van der Waals surface area contributed by atoms with Crippen LogP contribution in [-0.2, 0) is 4.74 Å². The second-order valence-corrected chi connectivity index (χ2v) is 10.2. The number of nitrogens with one attached hydrogen (secondary N) is 1. The van der Waals surface area contributed by atoms with E-state index in [1.165, 1.54) is 25.6 Å². The zero-order valence-corrected chi connectivity index (χ0v) is 12.2. The number of rotatable bonds is 5. The standard InChI is InChI=1S/C10H21ClNOSi.Li/c1-13-7-10-5-4-6-12(10)9-14(2,3)8-11;/h8,10H,4-7,9H2,1-3H3;/q-1;+1/p+1/t10-;/m0./s1. The van der Waals surface area contributed by atoms with Gasteiger partial charge < -0.3 is 21.2 Å². The Kier molecular flexibility index (Phi) is 7.87. The quantitative estimate of drug-likeness (QED) is 0.430. The zero-order chi connectivity index (χ0) is 10.6. The van der Waals surface area contributed by atoms with Crippen LogP contribution in [0.5, 0.6) is 0 Å². The maximum atomic E-state index is 5.89. The molecule has 2 nitrogen and oxygen atoms in total. The number of hydrogen-bond acceptors (Lipinski definition) is 1. The van der Waals surface area contributed by atoms with Gasteiger partial charge in [-0.25, -0.2) is 5.50 Å². The van der Waals surface area contributed by atoms with Gasteiger partial charge in [0.25, 0.3) is 0 Å². The summed E-state index contributed by atoms with van der Waals surface area (Å²) in [7, 11) is 0.533. The Hall–Kier alpha value is 1.02. The average molecular weight is 243 g/mol. The molecule has 0 aromatic heterocycles. The molecule has 84 valence electrons. The molecular formula is C10H22ClLiNOSi+. The third-order valence-corrected chi connectivity index (χ3v) is 6.70. The van der Waals surface area contributed by atoms with Gasteiger partial charge in [-0.1, -0.05) is 13.1 Å². The van der Waals surface area contributed by atoms with Crippen LogP contribution in [0.3, 0.4) is 0 Å². The van der Waals surface area contributed by atoms with Gasteiger partial charge in [0.2, 0.25) is 0 Å². The van der Waals surface area contributed by atoms with E-state index in [4.69, 9.17) is 16.3 Å². The molecule has 0 radical (unpaired) electrons. The fourth-order valence-corrected chi connectivity index (χ4v) is 4.19. The van der Waals surface area contributed by atoms with Crippen LogP contribution >= 0.6 is 11.6 Å². The van der Waals surface area contributed by atoms with Gasteiger partial charge in [0.1, 0.15) is 6.04 Å². The summed E-state index contributed by atoms with van der Waals surface area (Å²) in [4.78, 5) is 1.71. The molecule has 5 heteroatoms. The number of likely N-dealkylation sites (tertiary alicyclic amines) is 1. The van der Waals surface area contributed by atoms with Crippen molar-refractivity contribution >= 4 is 19.7 Å². The van der Waals surface area contributed by atoms with Crippen molar-refractivity contribution in [3.8, 4) is 0 Å². The van der Waals surface area contributed by atoms with Crippen LogP contribution < -0.4 is 23.8 Å². The Morgan fingerprint density at radius 1 is 1.53 bits per heavy atom. The van der Waals surface area contributed by atoms with Crippen LogP contribution in [0.2, 0.25) is 13.1 Å². The molecule has 1 rings (SSSR count). The number of quaternary nitrogens is 1. The number of hydrogen-bond donors (Lipinski definition) is 1. The van der Waals surface area contributed by atoms with Crippen molar-refractivity contribution in [1.29, 1.82) is 0 Å². The van der Waals surface area contributed by atoms with E-state index in [2.05, 4.69) is 13.1 Å². The molecular weight excluding hydrogens is 221 g/mol. The van der Waals surface area contributed by atoms with Gasteiger partial charge in [0.15, 0.2) is 0 Å². The van der Waals surface area contributed by atoms with Crippen LogP contribution in [0, 0.1) is 5.50 Å². The smallest absolute Gasteiger partial charge is 0.379 e. The Labute approximate surface area is 112 Å². The van der Waals surface area contributed by atoms with Crippen LogP contribution in [0.4, 0.5) is 0 Å². The molecule has 0 aromatic carbocycles. The van der Waals surface area contributed by atoms with Gasteiger partial charge >= 0.3 is 18.9 Å². The predicted molar refractivity (Wildman–Crippen MR) is 63.2 cm³/mol. The van der Waals surface area contributed by atoms with E-state index in [-0.39, 0.29) is 18.9 Å². The van der Waals surface area contributed by atoms with Crippen LogP contribution in [0.25, 0.3) is 0 Å². The van der Waals surface area contributed by atoms with Crippen molar-refractivity contribution in [1.82, 2.24) is 0 Å². The minimum absolute atomic E-state index is 0. The second-order valence-electron chi connectivity index (χ2n) is 4.98. The van der Waals surface area contributed by atoms with Crippen molar-refractivity contribution in [2.45, 2.75) is 32.0 Å². The third-order valence-electron chi connectivity index (χ3n) is 2.97. The summed E-state index contributed by atoms with van der Waals surface area (Å²) < 4.78 is 5.26. The van der Waals surface area contributed by atoms with Gasteiger partial charge in [-0.15, -0.1) is 0 Å². The summed E-state index contributed by atoms with van der Waals surface area (Å²) >= 11 is 5.89. The van der Waals surface area contributed by atoms with Gasteiger partial charge in [-0.2, -0.15) is 0 Å². The summed E-state index contributed by atoms with van der Waals surface area (Å²) in [5.74, 6) is 0. The van der Waals surface area contributed by atoms with E-state index in [1.54, 1.807) is 12.0 Å². The molecule has 1 aliphatic heterocycles. The molecule has 0 bridgehead atoms. The van der Waals surface area contributed by atoms with E-state index in [0.29, 0.717) is 6.04 Å². The Balaban J connectivity index is 0.00000196. The monoisotopic (exact) mass is 242 g/mol. The predicted octanol–water partition coefficient (Wildman–Crippen LogP) is -2.13. The number of methoxy groups -OCH3 is 1. The van der Waals surface area contributed by atoms with Crippen molar-refractivity contribution in [2.75, 3.05) is 26.4 Å². The maximum absolute atomic E-state index is 5.89. The molecule has 1 heterocycles. The molecule has 1 aliphatic rings. The van der Waals surface area contributed by atoms with E-state index < -0.39 is 8.07 Å². The van der Waals surface area contributed by atoms with Gasteiger partial charge in [-0.3, -0.25) is 0 Å². The molecule has 1 N–H and O–H groups in total. The fourth-order valence-electron chi connectivity index (χ4n) is 2.24. The first-order valence-corrected chi connectivity index (χ1v) is 9.09. The zero-order valence-electron chi connectivity index (χ0n) is 10.5. The SMILES string of the molecule is COC[C@@H]1CCC[NH+]1C[Si](C)(C)[CH-]Cl.[Li+]. The molecule has 0 spiro atoms. The summed E-state index contributed by atoms with van der Waals surface area (Å²) in [6.07, 6.45) is 3.91. The van der Waals surface area contributed by atoms with Crippen LogP contribution in [-0.4, -0.2) is 40.5 Å². The average Bonchev–Trinajstić information content (AvgIpc) is 2.53. The fraction of sp³-hybridized carbons (Fsp3) is 0.900.